The monoisotopic (exact) mass is 326 g/mol. The molecule has 0 aliphatic carbocycles. The molecule has 10 nitrogen and oxygen atoms in total. The Kier molecular flexibility index (Phi) is 5.72. The quantitative estimate of drug-likeness (QED) is 0.269. The lowest BCUT2D eigenvalue weighted by atomic mass is 9.97. The third-order valence-corrected chi connectivity index (χ3v) is 3.94. The number of hydrogen-bond donors (Lipinski definition) is 7. The fraction of sp³-hybridized carbons (Fsp3) is 1.00. The van der Waals surface area contributed by atoms with Crippen molar-refractivity contribution in [3.8, 4) is 0 Å². The average Bonchev–Trinajstić information content (AvgIpc) is 2.49. The van der Waals surface area contributed by atoms with Crippen molar-refractivity contribution in [2.24, 2.45) is 0 Å². The summed E-state index contributed by atoms with van der Waals surface area (Å²) in [6.45, 7) is 0.823. The van der Waals surface area contributed by atoms with E-state index in [1.807, 2.05) is 0 Å². The highest BCUT2D eigenvalue weighted by atomic mass is 16.7. The summed E-state index contributed by atoms with van der Waals surface area (Å²) in [5.41, 5.74) is 0. The summed E-state index contributed by atoms with van der Waals surface area (Å²) in [5, 5.41) is 67.5. The molecule has 10 atom stereocenters. The Morgan fingerprint density at radius 2 is 1.45 bits per heavy atom. The van der Waals surface area contributed by atoms with E-state index in [0.717, 1.165) is 0 Å². The van der Waals surface area contributed by atoms with Crippen LogP contribution in [0.1, 0.15) is 6.92 Å². The summed E-state index contributed by atoms with van der Waals surface area (Å²) in [4.78, 5) is 0. The molecule has 22 heavy (non-hydrogen) atoms. The summed E-state index contributed by atoms with van der Waals surface area (Å²) in [6, 6.07) is 0. The molecular formula is C12H22O10. The summed E-state index contributed by atoms with van der Waals surface area (Å²) >= 11 is 0. The van der Waals surface area contributed by atoms with Gasteiger partial charge in [-0.3, -0.25) is 0 Å². The fourth-order valence-corrected chi connectivity index (χ4v) is 2.50. The van der Waals surface area contributed by atoms with E-state index in [2.05, 4.69) is 0 Å². The van der Waals surface area contributed by atoms with Crippen molar-refractivity contribution in [1.29, 1.82) is 0 Å². The predicted octanol–water partition coefficient (Wildman–Crippen LogP) is -4.37. The Hall–Kier alpha value is -0.400. The fourth-order valence-electron chi connectivity index (χ4n) is 2.50. The molecule has 10 heteroatoms. The van der Waals surface area contributed by atoms with Crippen molar-refractivity contribution in [3.05, 3.63) is 0 Å². The van der Waals surface area contributed by atoms with Crippen LogP contribution in [0.25, 0.3) is 0 Å². The van der Waals surface area contributed by atoms with E-state index < -0.39 is 68.0 Å². The summed E-state index contributed by atoms with van der Waals surface area (Å²) in [7, 11) is 0. The van der Waals surface area contributed by atoms with Gasteiger partial charge in [0.2, 0.25) is 0 Å². The van der Waals surface area contributed by atoms with Gasteiger partial charge in [0.1, 0.15) is 42.7 Å². The molecule has 0 spiro atoms. The Morgan fingerprint density at radius 3 is 2.05 bits per heavy atom. The van der Waals surface area contributed by atoms with E-state index in [-0.39, 0.29) is 0 Å². The van der Waals surface area contributed by atoms with Crippen LogP contribution in [-0.4, -0.2) is 104 Å². The summed E-state index contributed by atoms with van der Waals surface area (Å²) in [6.07, 6.45) is -14.3. The normalized spacial score (nSPS) is 53.5. The van der Waals surface area contributed by atoms with Crippen LogP contribution in [0.3, 0.4) is 0 Å². The molecule has 0 unspecified atom stereocenters. The van der Waals surface area contributed by atoms with Gasteiger partial charge in [-0.05, 0) is 6.92 Å². The van der Waals surface area contributed by atoms with Gasteiger partial charge >= 0.3 is 0 Å². The number of hydrogen-bond acceptors (Lipinski definition) is 10. The number of aliphatic hydroxyl groups excluding tert-OH is 7. The lowest BCUT2D eigenvalue weighted by Crippen LogP contribution is -2.63. The van der Waals surface area contributed by atoms with E-state index >= 15 is 0 Å². The molecule has 7 N–H and O–H groups in total. The minimum absolute atomic E-state index is 0.619. The maximum Gasteiger partial charge on any atom is 0.187 e. The van der Waals surface area contributed by atoms with Crippen molar-refractivity contribution >= 4 is 0 Å². The minimum Gasteiger partial charge on any atom is -0.394 e. The first-order chi connectivity index (χ1) is 10.3. The topological polar surface area (TPSA) is 169 Å². The van der Waals surface area contributed by atoms with Gasteiger partial charge in [-0.15, -0.1) is 0 Å². The Balaban J connectivity index is 2.06. The molecule has 2 rings (SSSR count). The van der Waals surface area contributed by atoms with Crippen LogP contribution in [0.4, 0.5) is 0 Å². The largest absolute Gasteiger partial charge is 0.394 e. The number of rotatable bonds is 3. The first-order valence-corrected chi connectivity index (χ1v) is 6.93. The zero-order valence-corrected chi connectivity index (χ0v) is 11.8. The van der Waals surface area contributed by atoms with Crippen LogP contribution < -0.4 is 0 Å². The number of aliphatic hydroxyl groups is 7. The molecule has 130 valence electrons. The molecule has 2 aliphatic heterocycles. The molecule has 0 bridgehead atoms. The molecule has 2 saturated heterocycles. The van der Waals surface area contributed by atoms with Crippen molar-refractivity contribution in [3.63, 3.8) is 0 Å². The SMILES string of the molecule is C[C@@H]1O[C@@H](O[C@H]2[C@@H](O)[C@H](O)[C@@H](CO)O[C@@H]2O)[C@@H](O)[C@H](O)[C@@H]1O. The van der Waals surface area contributed by atoms with Gasteiger partial charge in [0, 0.05) is 0 Å². The van der Waals surface area contributed by atoms with E-state index in [0.29, 0.717) is 0 Å². The zero-order chi connectivity index (χ0) is 16.6. The van der Waals surface area contributed by atoms with Crippen molar-refractivity contribution < 1.29 is 50.0 Å². The van der Waals surface area contributed by atoms with Gasteiger partial charge < -0.3 is 50.0 Å². The average molecular weight is 326 g/mol. The van der Waals surface area contributed by atoms with Crippen molar-refractivity contribution in [1.82, 2.24) is 0 Å². The minimum atomic E-state index is -1.69. The van der Waals surface area contributed by atoms with Crippen molar-refractivity contribution in [2.75, 3.05) is 6.61 Å². The highest BCUT2D eigenvalue weighted by molar-refractivity contribution is 4.92. The third-order valence-electron chi connectivity index (χ3n) is 3.94. The second-order valence-corrected chi connectivity index (χ2v) is 5.51. The van der Waals surface area contributed by atoms with Crippen LogP contribution in [0, 0.1) is 0 Å². The second kappa shape index (κ2) is 7.01. The molecular weight excluding hydrogens is 304 g/mol. The summed E-state index contributed by atoms with van der Waals surface area (Å²) < 4.78 is 15.3. The summed E-state index contributed by atoms with van der Waals surface area (Å²) in [5.74, 6) is 0. The van der Waals surface area contributed by atoms with Gasteiger partial charge in [-0.1, -0.05) is 0 Å². The highest BCUT2D eigenvalue weighted by Crippen LogP contribution is 2.28. The molecule has 0 aromatic heterocycles. The first-order valence-electron chi connectivity index (χ1n) is 6.93. The van der Waals surface area contributed by atoms with Crippen LogP contribution in [0.2, 0.25) is 0 Å². The molecule has 2 fully saturated rings. The van der Waals surface area contributed by atoms with Gasteiger partial charge in [-0.2, -0.15) is 0 Å². The van der Waals surface area contributed by atoms with E-state index in [9.17, 15) is 30.6 Å². The Labute approximate surface area is 126 Å². The van der Waals surface area contributed by atoms with E-state index in [4.69, 9.17) is 19.3 Å². The van der Waals surface area contributed by atoms with Gasteiger partial charge in [-0.25, -0.2) is 0 Å². The lowest BCUT2D eigenvalue weighted by Gasteiger charge is -2.44. The van der Waals surface area contributed by atoms with Gasteiger partial charge in [0.25, 0.3) is 0 Å². The highest BCUT2D eigenvalue weighted by Gasteiger charge is 2.49. The van der Waals surface area contributed by atoms with Crippen LogP contribution in [0.5, 0.6) is 0 Å². The first kappa shape index (κ1) is 17.9. The Morgan fingerprint density at radius 1 is 0.818 bits per heavy atom. The smallest absolute Gasteiger partial charge is 0.187 e. The lowest BCUT2D eigenvalue weighted by molar-refractivity contribution is -0.358. The Bertz CT molecular complexity index is 368. The molecule has 2 aliphatic rings. The second-order valence-electron chi connectivity index (χ2n) is 5.51. The third kappa shape index (κ3) is 3.26. The predicted molar refractivity (Wildman–Crippen MR) is 67.2 cm³/mol. The van der Waals surface area contributed by atoms with E-state index in [1.165, 1.54) is 6.92 Å². The molecule has 0 aromatic carbocycles. The van der Waals surface area contributed by atoms with E-state index in [1.54, 1.807) is 0 Å². The van der Waals surface area contributed by atoms with Crippen LogP contribution >= 0.6 is 0 Å². The molecule has 0 aromatic rings. The standard InChI is InChI=1S/C12H22O10/c1-3-5(14)7(16)9(18)12(20-3)22-10-8(17)6(15)4(2-13)21-11(10)19/h3-19H,2H2,1H3/t3-,4+,5+,6+,7+,8-,9-,10-,11-,12-/m0/s1. The van der Waals surface area contributed by atoms with Crippen molar-refractivity contribution in [2.45, 2.75) is 68.3 Å². The van der Waals surface area contributed by atoms with Gasteiger partial charge in [0.15, 0.2) is 12.6 Å². The maximum absolute atomic E-state index is 9.93. The molecule has 0 radical (unpaired) electrons. The molecule has 0 saturated carbocycles. The van der Waals surface area contributed by atoms with Crippen LogP contribution in [-0.2, 0) is 14.2 Å². The van der Waals surface area contributed by atoms with Crippen LogP contribution in [0.15, 0.2) is 0 Å². The maximum atomic E-state index is 9.93. The van der Waals surface area contributed by atoms with Gasteiger partial charge in [0.05, 0.1) is 12.7 Å². The number of ether oxygens (including phenoxy) is 3. The molecule has 2 heterocycles. The zero-order valence-electron chi connectivity index (χ0n) is 11.8. The molecule has 0 amide bonds.